The van der Waals surface area contributed by atoms with Crippen LogP contribution in [0.4, 0.5) is 22.7 Å². The summed E-state index contributed by atoms with van der Waals surface area (Å²) in [7, 11) is 0. The summed E-state index contributed by atoms with van der Waals surface area (Å²) in [5.41, 5.74) is 6.15. The van der Waals surface area contributed by atoms with Gasteiger partial charge in [-0.25, -0.2) is 20.0 Å². The van der Waals surface area contributed by atoms with Crippen molar-refractivity contribution in [3.8, 4) is 49.4 Å². The summed E-state index contributed by atoms with van der Waals surface area (Å²) in [6.07, 6.45) is 22.1. The summed E-state index contributed by atoms with van der Waals surface area (Å²) in [6.45, 7) is 0. The predicted molar refractivity (Wildman–Crippen MR) is 189 cm³/mol. The molecular weight excluding hydrogens is 568 g/mol. The standard InChI is InChI=1S/C38H24N8/c1-5-25-9-17-29(18-10-25)39-33-34(40-30-19-11-26(6-2)12-20-30)44-37(43-33)38-45-35(41-31-21-13-27(7-3)14-22-31)36(46-38)42-32-23-15-28(8-4)16-24-32/h1-4,9-24H,(H,39,43)(H,40,44)(H,41,45)(H,42,46). The maximum absolute atomic E-state index is 5.53. The second-order valence-electron chi connectivity index (χ2n) is 9.88. The first-order chi connectivity index (χ1) is 22.5. The van der Waals surface area contributed by atoms with Crippen molar-refractivity contribution in [2.24, 2.45) is 20.0 Å². The molecule has 8 heteroatoms. The molecule has 0 atom stereocenters. The Bertz CT molecular complexity index is 1820. The van der Waals surface area contributed by atoms with Crippen molar-refractivity contribution in [2.45, 2.75) is 0 Å². The van der Waals surface area contributed by atoms with Crippen LogP contribution in [-0.4, -0.2) is 23.3 Å². The molecule has 0 saturated heterocycles. The number of benzene rings is 4. The molecular formula is C38H24N8. The summed E-state index contributed by atoms with van der Waals surface area (Å²) < 4.78 is 0. The van der Waals surface area contributed by atoms with E-state index in [1.807, 2.05) is 97.1 Å². The number of aliphatic imine (C=N–C) groups is 4. The van der Waals surface area contributed by atoms with E-state index >= 15 is 0 Å². The van der Waals surface area contributed by atoms with Crippen molar-refractivity contribution < 1.29 is 0 Å². The van der Waals surface area contributed by atoms with E-state index in [-0.39, 0.29) is 0 Å². The Balaban J connectivity index is 1.38. The van der Waals surface area contributed by atoms with Gasteiger partial charge in [0.25, 0.3) is 0 Å². The second-order valence-corrected chi connectivity index (χ2v) is 9.88. The van der Waals surface area contributed by atoms with Gasteiger partial charge in [-0.1, -0.05) is 23.7 Å². The van der Waals surface area contributed by atoms with Gasteiger partial charge < -0.3 is 21.3 Å². The number of hydrogen-bond acceptors (Lipinski definition) is 8. The van der Waals surface area contributed by atoms with Gasteiger partial charge in [-0.2, -0.15) is 0 Å². The molecule has 0 saturated carbocycles. The average molecular weight is 593 g/mol. The maximum atomic E-state index is 5.53. The number of terminal acetylenes is 4. The summed E-state index contributed by atoms with van der Waals surface area (Å²) in [6, 6.07) is 29.7. The molecule has 6 rings (SSSR count). The minimum atomic E-state index is 0.298. The summed E-state index contributed by atoms with van der Waals surface area (Å²) in [5, 5.41) is 13.3. The minimum absolute atomic E-state index is 0.298. The van der Waals surface area contributed by atoms with Crippen molar-refractivity contribution in [3.05, 3.63) is 131 Å². The Morgan fingerprint density at radius 1 is 0.326 bits per heavy atom. The molecule has 2 heterocycles. The lowest BCUT2D eigenvalue weighted by Crippen LogP contribution is -2.27. The maximum Gasteiger partial charge on any atom is 0.202 e. The number of anilines is 4. The Morgan fingerprint density at radius 2 is 0.522 bits per heavy atom. The van der Waals surface area contributed by atoms with Crippen LogP contribution >= 0.6 is 0 Å². The molecule has 0 spiro atoms. The van der Waals surface area contributed by atoms with Gasteiger partial charge in [-0.3, -0.25) is 0 Å². The molecule has 8 nitrogen and oxygen atoms in total. The van der Waals surface area contributed by atoms with Gasteiger partial charge in [-0.15, -0.1) is 25.7 Å². The molecule has 2 aliphatic heterocycles. The van der Waals surface area contributed by atoms with Gasteiger partial charge in [0.15, 0.2) is 23.3 Å². The van der Waals surface area contributed by atoms with Crippen LogP contribution in [-0.2, 0) is 0 Å². The van der Waals surface area contributed by atoms with Gasteiger partial charge in [0.2, 0.25) is 11.6 Å². The molecule has 46 heavy (non-hydrogen) atoms. The van der Waals surface area contributed by atoms with E-state index < -0.39 is 0 Å². The van der Waals surface area contributed by atoms with Crippen molar-refractivity contribution >= 4 is 46.1 Å². The Morgan fingerprint density at radius 3 is 0.696 bits per heavy atom. The van der Waals surface area contributed by atoms with Gasteiger partial charge in [0.05, 0.1) is 0 Å². The molecule has 0 aliphatic carbocycles. The number of amidine groups is 4. The third kappa shape index (κ3) is 6.54. The molecule has 4 aromatic carbocycles. The third-order valence-corrected chi connectivity index (χ3v) is 6.78. The fourth-order valence-corrected chi connectivity index (χ4v) is 4.38. The second kappa shape index (κ2) is 12.9. The Hall–Kier alpha value is -7.26. The van der Waals surface area contributed by atoms with Crippen LogP contribution in [0.2, 0.25) is 0 Å². The zero-order valence-corrected chi connectivity index (χ0v) is 24.3. The van der Waals surface area contributed by atoms with E-state index in [0.29, 0.717) is 35.0 Å². The van der Waals surface area contributed by atoms with Gasteiger partial charge >= 0.3 is 0 Å². The molecule has 0 bridgehead atoms. The SMILES string of the molecule is C#Cc1ccc(NC2=NC(=C3N=C(Nc4ccc(C#C)cc4)C(Nc4ccc(C#C)cc4)=N3)N=C2Nc2ccc(C#C)cc2)cc1. The third-order valence-electron chi connectivity index (χ3n) is 6.78. The first-order valence-corrected chi connectivity index (χ1v) is 14.0. The normalized spacial score (nSPS) is 13.1. The highest BCUT2D eigenvalue weighted by molar-refractivity contribution is 6.51. The van der Waals surface area contributed by atoms with Crippen molar-refractivity contribution in [2.75, 3.05) is 21.3 Å². The minimum Gasteiger partial charge on any atom is -0.337 e. The van der Waals surface area contributed by atoms with E-state index in [1.165, 1.54) is 0 Å². The highest BCUT2D eigenvalue weighted by Crippen LogP contribution is 2.25. The molecule has 2 aliphatic rings. The number of hydrogen-bond donors (Lipinski definition) is 4. The number of rotatable bonds is 4. The van der Waals surface area contributed by atoms with Crippen LogP contribution in [0.15, 0.2) is 129 Å². The zero-order valence-electron chi connectivity index (χ0n) is 24.3. The monoisotopic (exact) mass is 592 g/mol. The lowest BCUT2D eigenvalue weighted by Gasteiger charge is -2.10. The van der Waals surface area contributed by atoms with Crippen LogP contribution in [0.1, 0.15) is 22.3 Å². The molecule has 4 N–H and O–H groups in total. The van der Waals surface area contributed by atoms with Gasteiger partial charge in [0.1, 0.15) is 0 Å². The summed E-state index contributed by atoms with van der Waals surface area (Å²) >= 11 is 0. The molecule has 216 valence electrons. The molecule has 0 unspecified atom stereocenters. The van der Waals surface area contributed by atoms with Crippen LogP contribution in [0.25, 0.3) is 0 Å². The smallest absolute Gasteiger partial charge is 0.202 e. The van der Waals surface area contributed by atoms with Gasteiger partial charge in [0, 0.05) is 45.0 Å². The fraction of sp³-hybridized carbons (Fsp3) is 0. The summed E-state index contributed by atoms with van der Waals surface area (Å²) in [4.78, 5) is 19.1. The van der Waals surface area contributed by atoms with Crippen LogP contribution < -0.4 is 21.3 Å². The molecule has 0 radical (unpaired) electrons. The highest BCUT2D eigenvalue weighted by atomic mass is 15.3. The average Bonchev–Trinajstić information content (AvgIpc) is 3.69. The Kier molecular flexibility index (Phi) is 8.11. The van der Waals surface area contributed by atoms with E-state index in [2.05, 4.69) is 44.9 Å². The molecule has 0 fully saturated rings. The molecule has 4 aromatic rings. The molecule has 0 amide bonds. The lowest BCUT2D eigenvalue weighted by atomic mass is 10.2. The lowest BCUT2D eigenvalue weighted by molar-refractivity contribution is 1.12. The van der Waals surface area contributed by atoms with Crippen LogP contribution in [0.3, 0.4) is 0 Å². The highest BCUT2D eigenvalue weighted by Gasteiger charge is 2.26. The largest absolute Gasteiger partial charge is 0.337 e. The van der Waals surface area contributed by atoms with E-state index in [9.17, 15) is 0 Å². The first kappa shape index (κ1) is 28.8. The van der Waals surface area contributed by atoms with Crippen molar-refractivity contribution in [1.82, 2.24) is 0 Å². The van der Waals surface area contributed by atoms with Crippen LogP contribution in [0.5, 0.6) is 0 Å². The van der Waals surface area contributed by atoms with Crippen molar-refractivity contribution in [3.63, 3.8) is 0 Å². The zero-order chi connectivity index (χ0) is 31.9. The molecule has 0 aromatic heterocycles. The fourth-order valence-electron chi connectivity index (χ4n) is 4.38. The van der Waals surface area contributed by atoms with E-state index in [1.54, 1.807) is 0 Å². The van der Waals surface area contributed by atoms with Gasteiger partial charge in [-0.05, 0) is 97.1 Å². The van der Waals surface area contributed by atoms with Crippen LogP contribution in [0, 0.1) is 49.4 Å². The van der Waals surface area contributed by atoms with Crippen molar-refractivity contribution in [1.29, 1.82) is 0 Å². The quantitative estimate of drug-likeness (QED) is 0.215. The van der Waals surface area contributed by atoms with E-state index in [4.69, 9.17) is 45.7 Å². The Labute approximate surface area is 267 Å². The predicted octanol–water partition coefficient (Wildman–Crippen LogP) is 6.11. The summed E-state index contributed by atoms with van der Waals surface area (Å²) in [5.74, 6) is 13.0. The first-order valence-electron chi connectivity index (χ1n) is 14.0. The van der Waals surface area contributed by atoms with E-state index in [0.717, 1.165) is 45.0 Å². The number of nitrogens with one attached hydrogen (secondary N) is 4. The topological polar surface area (TPSA) is 97.6 Å². The number of nitrogens with zero attached hydrogens (tertiary/aromatic N) is 4.